The number of nitrogens with one attached hydrogen (secondary N) is 1. The fraction of sp³-hybridized carbons (Fsp3) is 0.188. The largest absolute Gasteiger partial charge is 0.494 e. The van der Waals surface area contributed by atoms with Crippen LogP contribution in [0.15, 0.2) is 36.4 Å². The van der Waals surface area contributed by atoms with Crippen molar-refractivity contribution >= 4 is 28.9 Å². The number of rotatable bonds is 5. The molecule has 3 N–H and O–H groups in total. The molecule has 2 aromatic rings. The molecule has 1 amide bonds. The smallest absolute Gasteiger partial charge is 0.262 e. The first kappa shape index (κ1) is 16.0. The first-order valence-corrected chi connectivity index (χ1v) is 6.99. The molecule has 0 aromatic heterocycles. The second-order valence-corrected chi connectivity index (χ2v) is 5.14. The second kappa shape index (κ2) is 7.04. The Bertz CT molecular complexity index is 689. The Balaban J connectivity index is 1.98. The average Bonchev–Trinajstić information content (AvgIpc) is 2.48. The van der Waals surface area contributed by atoms with E-state index in [1.807, 2.05) is 6.92 Å². The molecule has 22 heavy (non-hydrogen) atoms. The summed E-state index contributed by atoms with van der Waals surface area (Å²) in [5.41, 5.74) is 7.63. The zero-order valence-corrected chi connectivity index (χ0v) is 13.1. The van der Waals surface area contributed by atoms with Crippen LogP contribution < -0.4 is 20.5 Å². The molecule has 0 heterocycles. The summed E-state index contributed by atoms with van der Waals surface area (Å²) in [6.07, 6.45) is 0. The maximum atomic E-state index is 12.0. The molecule has 0 unspecified atom stereocenters. The predicted octanol–water partition coefficient (Wildman–Crippen LogP) is 3.26. The molecule has 0 spiro atoms. The van der Waals surface area contributed by atoms with Crippen molar-refractivity contribution in [3.8, 4) is 11.5 Å². The van der Waals surface area contributed by atoms with Gasteiger partial charge in [-0.05, 0) is 42.8 Å². The number of ether oxygens (including phenoxy) is 2. The van der Waals surface area contributed by atoms with E-state index in [2.05, 4.69) is 5.32 Å². The maximum absolute atomic E-state index is 12.0. The fourth-order valence-corrected chi connectivity index (χ4v) is 2.14. The van der Waals surface area contributed by atoms with Crippen LogP contribution in [0, 0.1) is 6.92 Å². The van der Waals surface area contributed by atoms with E-state index in [0.29, 0.717) is 27.9 Å². The Morgan fingerprint density at radius 3 is 2.68 bits per heavy atom. The van der Waals surface area contributed by atoms with E-state index >= 15 is 0 Å². The van der Waals surface area contributed by atoms with Gasteiger partial charge in [-0.2, -0.15) is 0 Å². The zero-order chi connectivity index (χ0) is 16.1. The predicted molar refractivity (Wildman–Crippen MR) is 87.7 cm³/mol. The molecule has 0 radical (unpaired) electrons. The molecule has 5 nitrogen and oxygen atoms in total. The first-order chi connectivity index (χ1) is 10.5. The molecule has 0 aliphatic rings. The Hall–Kier alpha value is -2.40. The minimum Gasteiger partial charge on any atom is -0.494 e. The summed E-state index contributed by atoms with van der Waals surface area (Å²) >= 11 is 5.87. The number of carbonyl (C=O) groups is 1. The number of amides is 1. The summed E-state index contributed by atoms with van der Waals surface area (Å²) in [5, 5.41) is 3.35. The number of aryl methyl sites for hydroxylation is 1. The third-order valence-corrected chi connectivity index (χ3v) is 3.23. The van der Waals surface area contributed by atoms with Gasteiger partial charge in [-0.3, -0.25) is 4.79 Å². The summed E-state index contributed by atoms with van der Waals surface area (Å²) in [6.45, 7) is 1.75. The lowest BCUT2D eigenvalue weighted by molar-refractivity contribution is -0.118. The van der Waals surface area contributed by atoms with Crippen LogP contribution >= 0.6 is 11.6 Å². The fourth-order valence-electron chi connectivity index (χ4n) is 1.92. The van der Waals surface area contributed by atoms with Crippen molar-refractivity contribution in [3.63, 3.8) is 0 Å². The highest BCUT2D eigenvalue weighted by Crippen LogP contribution is 2.26. The lowest BCUT2D eigenvalue weighted by atomic mass is 10.2. The van der Waals surface area contributed by atoms with Crippen LogP contribution in [0.25, 0.3) is 0 Å². The van der Waals surface area contributed by atoms with Crippen LogP contribution in [0.4, 0.5) is 11.4 Å². The molecule has 0 bridgehead atoms. The molecular formula is C16H17ClN2O3. The number of hydrogen-bond acceptors (Lipinski definition) is 4. The minimum atomic E-state index is -0.294. The monoisotopic (exact) mass is 320 g/mol. The van der Waals surface area contributed by atoms with Gasteiger partial charge in [0.15, 0.2) is 6.61 Å². The molecule has 0 saturated carbocycles. The normalized spacial score (nSPS) is 10.1. The van der Waals surface area contributed by atoms with Crippen molar-refractivity contribution in [2.45, 2.75) is 6.92 Å². The van der Waals surface area contributed by atoms with Gasteiger partial charge in [0.2, 0.25) is 0 Å². The van der Waals surface area contributed by atoms with Crippen molar-refractivity contribution in [1.29, 1.82) is 0 Å². The number of carbonyl (C=O) groups excluding carboxylic acids is 1. The van der Waals surface area contributed by atoms with Gasteiger partial charge in [0.25, 0.3) is 5.91 Å². The van der Waals surface area contributed by atoms with Gasteiger partial charge in [-0.25, -0.2) is 0 Å². The van der Waals surface area contributed by atoms with Crippen LogP contribution in [0.1, 0.15) is 5.56 Å². The average molecular weight is 321 g/mol. The van der Waals surface area contributed by atoms with E-state index in [9.17, 15) is 4.79 Å². The minimum absolute atomic E-state index is 0.115. The van der Waals surface area contributed by atoms with E-state index in [-0.39, 0.29) is 12.5 Å². The van der Waals surface area contributed by atoms with Gasteiger partial charge in [0.1, 0.15) is 11.5 Å². The topological polar surface area (TPSA) is 73.6 Å². The zero-order valence-electron chi connectivity index (χ0n) is 12.4. The highest BCUT2D eigenvalue weighted by atomic mass is 35.5. The van der Waals surface area contributed by atoms with E-state index in [0.717, 1.165) is 5.56 Å². The van der Waals surface area contributed by atoms with Crippen LogP contribution in [0.5, 0.6) is 11.5 Å². The molecule has 116 valence electrons. The van der Waals surface area contributed by atoms with Crippen LogP contribution in [0.2, 0.25) is 5.02 Å². The summed E-state index contributed by atoms with van der Waals surface area (Å²) in [5.74, 6) is 0.817. The summed E-state index contributed by atoms with van der Waals surface area (Å²) in [6, 6.07) is 10.2. The molecule has 0 atom stereocenters. The van der Waals surface area contributed by atoms with Gasteiger partial charge < -0.3 is 20.5 Å². The molecule has 0 aliphatic carbocycles. The molecule has 2 rings (SSSR count). The highest BCUT2D eigenvalue weighted by Gasteiger charge is 2.09. The number of benzene rings is 2. The van der Waals surface area contributed by atoms with E-state index in [1.165, 1.54) is 7.11 Å². The van der Waals surface area contributed by atoms with E-state index in [4.69, 9.17) is 26.8 Å². The number of halogens is 1. The second-order valence-electron chi connectivity index (χ2n) is 4.71. The summed E-state index contributed by atoms with van der Waals surface area (Å²) in [7, 11) is 1.51. The van der Waals surface area contributed by atoms with Gasteiger partial charge in [-0.1, -0.05) is 11.6 Å². The van der Waals surface area contributed by atoms with E-state index < -0.39 is 0 Å². The van der Waals surface area contributed by atoms with Crippen molar-refractivity contribution < 1.29 is 14.3 Å². The SMILES string of the molecule is COc1cc(N)ccc1NC(=O)COc1ccc(Cl)cc1C. The molecule has 6 heteroatoms. The van der Waals surface area contributed by atoms with Crippen molar-refractivity contribution in [1.82, 2.24) is 0 Å². The molecule has 2 aromatic carbocycles. The molecular weight excluding hydrogens is 304 g/mol. The lowest BCUT2D eigenvalue weighted by Gasteiger charge is -2.12. The van der Waals surface area contributed by atoms with Gasteiger partial charge >= 0.3 is 0 Å². The van der Waals surface area contributed by atoms with Crippen molar-refractivity contribution in [2.24, 2.45) is 0 Å². The number of nitrogens with two attached hydrogens (primary N) is 1. The Morgan fingerprint density at radius 2 is 2.00 bits per heavy atom. The third kappa shape index (κ3) is 4.05. The summed E-state index contributed by atoms with van der Waals surface area (Å²) < 4.78 is 10.7. The lowest BCUT2D eigenvalue weighted by Crippen LogP contribution is -2.20. The van der Waals surface area contributed by atoms with Crippen LogP contribution in [0.3, 0.4) is 0 Å². The first-order valence-electron chi connectivity index (χ1n) is 6.62. The highest BCUT2D eigenvalue weighted by molar-refractivity contribution is 6.30. The van der Waals surface area contributed by atoms with Crippen LogP contribution in [-0.2, 0) is 4.79 Å². The Labute approximate surface area is 134 Å². The maximum Gasteiger partial charge on any atom is 0.262 e. The summed E-state index contributed by atoms with van der Waals surface area (Å²) in [4.78, 5) is 12.0. The number of methoxy groups -OCH3 is 1. The van der Waals surface area contributed by atoms with Gasteiger partial charge in [-0.15, -0.1) is 0 Å². The quantitative estimate of drug-likeness (QED) is 0.829. The third-order valence-electron chi connectivity index (χ3n) is 3.00. The number of nitrogen functional groups attached to an aromatic ring is 1. The standard InChI is InChI=1S/C16H17ClN2O3/c1-10-7-11(17)3-6-14(10)22-9-16(20)19-13-5-4-12(18)8-15(13)21-2/h3-8H,9,18H2,1-2H3,(H,19,20). The number of anilines is 2. The van der Waals surface area contributed by atoms with Crippen LogP contribution in [-0.4, -0.2) is 19.6 Å². The Morgan fingerprint density at radius 1 is 1.23 bits per heavy atom. The van der Waals surface area contributed by atoms with Gasteiger partial charge in [0.05, 0.1) is 12.8 Å². The van der Waals surface area contributed by atoms with Crippen molar-refractivity contribution in [3.05, 3.63) is 47.0 Å². The molecule has 0 fully saturated rings. The van der Waals surface area contributed by atoms with Crippen molar-refractivity contribution in [2.75, 3.05) is 24.8 Å². The van der Waals surface area contributed by atoms with Gasteiger partial charge in [0, 0.05) is 16.8 Å². The molecule has 0 aliphatic heterocycles. The number of hydrogen-bond donors (Lipinski definition) is 2. The molecule has 0 saturated heterocycles. The van der Waals surface area contributed by atoms with E-state index in [1.54, 1.807) is 36.4 Å². The Kier molecular flexibility index (Phi) is 5.12.